The van der Waals surface area contributed by atoms with Crippen molar-refractivity contribution in [1.29, 1.82) is 0 Å². The van der Waals surface area contributed by atoms with Crippen LogP contribution in [0.1, 0.15) is 10.5 Å². The van der Waals surface area contributed by atoms with Gasteiger partial charge in [-0.05, 0) is 30.3 Å². The Bertz CT molecular complexity index is 661. The largest absolute Gasteiger partial charge is 0.296 e. The van der Waals surface area contributed by atoms with E-state index in [1.807, 2.05) is 0 Å². The molecule has 0 saturated carbocycles. The zero-order valence-electron chi connectivity index (χ0n) is 8.58. The van der Waals surface area contributed by atoms with Crippen LogP contribution < -0.4 is 0 Å². The molecule has 2 rings (SSSR count). The molecule has 0 aliphatic heterocycles. The molecule has 0 fully saturated rings. The Morgan fingerprint density at radius 3 is 2.59 bits per heavy atom. The number of aldehydes is 1. The summed E-state index contributed by atoms with van der Waals surface area (Å²) >= 11 is 5.74. The molecular weight excluding hydrogens is 262 g/mol. The second-order valence-electron chi connectivity index (χ2n) is 3.31. The van der Waals surface area contributed by atoms with Crippen LogP contribution in [0, 0.1) is 0 Å². The summed E-state index contributed by atoms with van der Waals surface area (Å²) in [6, 6.07) is 8.80. The van der Waals surface area contributed by atoms with Gasteiger partial charge in [0, 0.05) is 11.2 Å². The van der Waals surface area contributed by atoms with Crippen LogP contribution in [-0.2, 0) is 10.0 Å². The standard InChI is InChI=1S/C11H8ClNO3S/c12-9-3-1-5-11(7-9)17(15,16)13-6-2-4-10(13)8-14/h1-8H. The van der Waals surface area contributed by atoms with Gasteiger partial charge in [0.25, 0.3) is 10.0 Å². The van der Waals surface area contributed by atoms with Crippen LogP contribution in [-0.4, -0.2) is 18.7 Å². The van der Waals surface area contributed by atoms with Crippen molar-refractivity contribution >= 4 is 27.9 Å². The minimum absolute atomic E-state index is 0.0456. The van der Waals surface area contributed by atoms with Crippen LogP contribution in [0.25, 0.3) is 0 Å². The highest BCUT2D eigenvalue weighted by Crippen LogP contribution is 2.19. The van der Waals surface area contributed by atoms with Crippen molar-refractivity contribution in [3.05, 3.63) is 53.3 Å². The van der Waals surface area contributed by atoms with Gasteiger partial charge in [-0.3, -0.25) is 4.79 Å². The third-order valence-electron chi connectivity index (χ3n) is 2.22. The van der Waals surface area contributed by atoms with Crippen molar-refractivity contribution in [3.8, 4) is 0 Å². The van der Waals surface area contributed by atoms with E-state index in [2.05, 4.69) is 0 Å². The molecule has 1 heterocycles. The zero-order chi connectivity index (χ0) is 12.5. The summed E-state index contributed by atoms with van der Waals surface area (Å²) < 4.78 is 25.3. The number of hydrogen-bond acceptors (Lipinski definition) is 3. The minimum Gasteiger partial charge on any atom is -0.296 e. The topological polar surface area (TPSA) is 56.1 Å². The number of halogens is 1. The lowest BCUT2D eigenvalue weighted by atomic mass is 10.4. The predicted molar refractivity (Wildman–Crippen MR) is 63.9 cm³/mol. The Kier molecular flexibility index (Phi) is 3.04. The zero-order valence-corrected chi connectivity index (χ0v) is 10.1. The number of benzene rings is 1. The fourth-order valence-corrected chi connectivity index (χ4v) is 3.05. The number of carbonyl (C=O) groups excluding carboxylic acids is 1. The van der Waals surface area contributed by atoms with Gasteiger partial charge in [-0.1, -0.05) is 17.7 Å². The highest BCUT2D eigenvalue weighted by molar-refractivity contribution is 7.90. The molecule has 0 atom stereocenters. The first-order valence-electron chi connectivity index (χ1n) is 4.69. The summed E-state index contributed by atoms with van der Waals surface area (Å²) in [5.41, 5.74) is 0.0741. The van der Waals surface area contributed by atoms with E-state index in [-0.39, 0.29) is 10.6 Å². The number of hydrogen-bond donors (Lipinski definition) is 0. The third kappa shape index (κ3) is 2.11. The molecule has 0 amide bonds. The lowest BCUT2D eigenvalue weighted by Gasteiger charge is -2.07. The summed E-state index contributed by atoms with van der Waals surface area (Å²) in [6.45, 7) is 0. The molecule has 2 aromatic rings. The van der Waals surface area contributed by atoms with Gasteiger partial charge in [-0.2, -0.15) is 0 Å². The van der Waals surface area contributed by atoms with Crippen LogP contribution in [0.3, 0.4) is 0 Å². The van der Waals surface area contributed by atoms with Crippen LogP contribution >= 0.6 is 11.6 Å². The van der Waals surface area contributed by atoms with E-state index in [0.717, 1.165) is 3.97 Å². The molecule has 0 aliphatic rings. The van der Waals surface area contributed by atoms with Crippen molar-refractivity contribution in [2.45, 2.75) is 4.90 Å². The average molecular weight is 270 g/mol. The summed E-state index contributed by atoms with van der Waals surface area (Å²) in [6.07, 6.45) is 1.81. The average Bonchev–Trinajstić information content (AvgIpc) is 2.77. The van der Waals surface area contributed by atoms with Crippen LogP contribution in [0.4, 0.5) is 0 Å². The SMILES string of the molecule is O=Cc1cccn1S(=O)(=O)c1cccc(Cl)c1. The molecule has 0 radical (unpaired) electrons. The molecule has 0 spiro atoms. The number of nitrogens with zero attached hydrogens (tertiary/aromatic N) is 1. The highest BCUT2D eigenvalue weighted by atomic mass is 35.5. The quantitative estimate of drug-likeness (QED) is 0.803. The van der Waals surface area contributed by atoms with E-state index in [0.29, 0.717) is 11.3 Å². The summed E-state index contributed by atoms with van der Waals surface area (Å²) in [4.78, 5) is 10.8. The number of aromatic nitrogens is 1. The molecular formula is C11H8ClNO3S. The summed E-state index contributed by atoms with van der Waals surface area (Å²) in [5, 5.41) is 0.325. The van der Waals surface area contributed by atoms with E-state index in [4.69, 9.17) is 11.6 Å². The van der Waals surface area contributed by atoms with E-state index in [1.54, 1.807) is 12.1 Å². The molecule has 1 aromatic carbocycles. The van der Waals surface area contributed by atoms with Gasteiger partial charge in [0.1, 0.15) is 0 Å². The van der Waals surface area contributed by atoms with Crippen molar-refractivity contribution < 1.29 is 13.2 Å². The van der Waals surface area contributed by atoms with E-state index in [9.17, 15) is 13.2 Å². The van der Waals surface area contributed by atoms with E-state index in [1.165, 1.54) is 30.5 Å². The third-order valence-corrected chi connectivity index (χ3v) is 4.15. The first-order chi connectivity index (χ1) is 8.05. The lowest BCUT2D eigenvalue weighted by molar-refractivity contribution is 0.111. The van der Waals surface area contributed by atoms with Crippen molar-refractivity contribution in [1.82, 2.24) is 3.97 Å². The van der Waals surface area contributed by atoms with Crippen molar-refractivity contribution in [2.75, 3.05) is 0 Å². The monoisotopic (exact) mass is 269 g/mol. The normalized spacial score (nSPS) is 11.4. The second-order valence-corrected chi connectivity index (χ2v) is 5.56. The molecule has 0 unspecified atom stereocenters. The molecule has 0 N–H and O–H groups in total. The Morgan fingerprint density at radius 2 is 1.94 bits per heavy atom. The molecule has 17 heavy (non-hydrogen) atoms. The van der Waals surface area contributed by atoms with Crippen LogP contribution in [0.2, 0.25) is 5.02 Å². The first-order valence-corrected chi connectivity index (χ1v) is 6.51. The highest BCUT2D eigenvalue weighted by Gasteiger charge is 2.18. The van der Waals surface area contributed by atoms with Gasteiger partial charge in [-0.15, -0.1) is 0 Å². The van der Waals surface area contributed by atoms with Gasteiger partial charge in [0.2, 0.25) is 0 Å². The van der Waals surface area contributed by atoms with Crippen molar-refractivity contribution in [2.24, 2.45) is 0 Å². The molecule has 4 nitrogen and oxygen atoms in total. The predicted octanol–water partition coefficient (Wildman–Crippen LogP) is 2.19. The lowest BCUT2D eigenvalue weighted by Crippen LogP contribution is -2.14. The maximum atomic E-state index is 12.2. The van der Waals surface area contributed by atoms with E-state index < -0.39 is 10.0 Å². The van der Waals surface area contributed by atoms with Gasteiger partial charge < -0.3 is 0 Å². The Morgan fingerprint density at radius 1 is 1.18 bits per heavy atom. The van der Waals surface area contributed by atoms with Gasteiger partial charge >= 0.3 is 0 Å². The molecule has 88 valence electrons. The Labute approximate surface area is 103 Å². The maximum Gasteiger partial charge on any atom is 0.268 e. The van der Waals surface area contributed by atoms with Crippen LogP contribution in [0.5, 0.6) is 0 Å². The molecule has 0 saturated heterocycles. The number of carbonyl (C=O) groups is 1. The fourth-order valence-electron chi connectivity index (χ4n) is 1.43. The fraction of sp³-hybridized carbons (Fsp3) is 0. The minimum atomic E-state index is -3.76. The second kappa shape index (κ2) is 4.35. The maximum absolute atomic E-state index is 12.2. The first kappa shape index (κ1) is 11.9. The summed E-state index contributed by atoms with van der Waals surface area (Å²) in [5.74, 6) is 0. The van der Waals surface area contributed by atoms with E-state index >= 15 is 0 Å². The summed E-state index contributed by atoms with van der Waals surface area (Å²) in [7, 11) is -3.76. The van der Waals surface area contributed by atoms with Gasteiger partial charge in [-0.25, -0.2) is 12.4 Å². The Balaban J connectivity index is 2.62. The molecule has 0 aliphatic carbocycles. The molecule has 0 bridgehead atoms. The smallest absolute Gasteiger partial charge is 0.268 e. The number of rotatable bonds is 3. The van der Waals surface area contributed by atoms with Crippen LogP contribution in [0.15, 0.2) is 47.5 Å². The van der Waals surface area contributed by atoms with Crippen molar-refractivity contribution in [3.63, 3.8) is 0 Å². The molecule has 6 heteroatoms. The van der Waals surface area contributed by atoms with Gasteiger partial charge in [0.15, 0.2) is 6.29 Å². The van der Waals surface area contributed by atoms with Gasteiger partial charge in [0.05, 0.1) is 10.6 Å². The molecule has 1 aromatic heterocycles. The Hall–Kier alpha value is -1.59.